The Morgan fingerprint density at radius 1 is 1.38 bits per heavy atom. The Balaban J connectivity index is 1.67. The van der Waals surface area contributed by atoms with E-state index < -0.39 is 0 Å². The number of rotatable bonds is 4. The summed E-state index contributed by atoms with van der Waals surface area (Å²) in [4.78, 5) is 0. The van der Waals surface area contributed by atoms with Gasteiger partial charge in [0.2, 0.25) is 0 Å². The molecule has 3 heteroatoms. The van der Waals surface area contributed by atoms with Crippen molar-refractivity contribution >= 4 is 0 Å². The van der Waals surface area contributed by atoms with Crippen LogP contribution >= 0.6 is 0 Å². The molecule has 0 bridgehead atoms. The maximum atomic E-state index is 9.40. The van der Waals surface area contributed by atoms with Gasteiger partial charge in [-0.25, -0.2) is 0 Å². The van der Waals surface area contributed by atoms with Crippen molar-refractivity contribution in [3.63, 3.8) is 0 Å². The number of nitrogens with one attached hydrogen (secondary N) is 1. The van der Waals surface area contributed by atoms with Crippen LogP contribution in [-0.2, 0) is 6.54 Å². The van der Waals surface area contributed by atoms with Crippen LogP contribution < -0.4 is 5.32 Å². The number of aryl methyl sites for hydroxylation is 1. The molecule has 0 radical (unpaired) electrons. The molecule has 16 heavy (non-hydrogen) atoms. The van der Waals surface area contributed by atoms with Gasteiger partial charge in [-0.15, -0.1) is 0 Å². The van der Waals surface area contributed by atoms with Gasteiger partial charge in [-0.2, -0.15) is 0 Å². The van der Waals surface area contributed by atoms with Crippen LogP contribution in [0.5, 0.6) is 0 Å². The number of aliphatic hydroxyl groups is 1. The fraction of sp³-hybridized carbons (Fsp3) is 0.692. The first-order chi connectivity index (χ1) is 7.75. The van der Waals surface area contributed by atoms with Crippen molar-refractivity contribution in [2.24, 2.45) is 5.92 Å². The molecule has 1 aromatic rings. The van der Waals surface area contributed by atoms with E-state index in [2.05, 4.69) is 12.2 Å². The molecule has 0 aromatic carbocycles. The Hall–Kier alpha value is -0.800. The molecule has 2 rings (SSSR count). The van der Waals surface area contributed by atoms with Gasteiger partial charge in [0.1, 0.15) is 5.76 Å². The molecule has 1 heterocycles. The van der Waals surface area contributed by atoms with Crippen molar-refractivity contribution in [2.75, 3.05) is 6.54 Å². The Labute approximate surface area is 96.8 Å². The van der Waals surface area contributed by atoms with Crippen LogP contribution in [0.2, 0.25) is 0 Å². The summed E-state index contributed by atoms with van der Waals surface area (Å²) < 4.78 is 5.37. The predicted molar refractivity (Wildman–Crippen MR) is 63.1 cm³/mol. The first-order valence-electron chi connectivity index (χ1n) is 6.17. The minimum absolute atomic E-state index is 0.0523. The molecule has 0 unspecified atom stereocenters. The highest BCUT2D eigenvalue weighted by molar-refractivity contribution is 5.14. The third-order valence-corrected chi connectivity index (χ3v) is 3.50. The van der Waals surface area contributed by atoms with Crippen molar-refractivity contribution in [3.8, 4) is 0 Å². The largest absolute Gasteiger partial charge is 0.468 e. The highest BCUT2D eigenvalue weighted by Gasteiger charge is 2.18. The van der Waals surface area contributed by atoms with Crippen LogP contribution in [0.4, 0.5) is 0 Å². The lowest BCUT2D eigenvalue weighted by Crippen LogP contribution is -2.27. The van der Waals surface area contributed by atoms with E-state index in [1.54, 1.807) is 6.26 Å². The van der Waals surface area contributed by atoms with Crippen LogP contribution in [0.25, 0.3) is 0 Å². The van der Waals surface area contributed by atoms with E-state index in [1.807, 2.05) is 6.07 Å². The topological polar surface area (TPSA) is 45.4 Å². The predicted octanol–water partition coefficient (Wildman–Crippen LogP) is 2.23. The molecule has 0 spiro atoms. The van der Waals surface area contributed by atoms with Gasteiger partial charge in [-0.3, -0.25) is 0 Å². The quantitative estimate of drug-likeness (QED) is 0.822. The third-order valence-electron chi connectivity index (χ3n) is 3.50. The third kappa shape index (κ3) is 3.09. The lowest BCUT2D eigenvalue weighted by molar-refractivity contribution is 0.108. The van der Waals surface area contributed by atoms with Crippen LogP contribution in [0.15, 0.2) is 16.7 Å². The van der Waals surface area contributed by atoms with E-state index in [1.165, 1.54) is 5.56 Å². The summed E-state index contributed by atoms with van der Waals surface area (Å²) in [6.07, 6.45) is 5.90. The second-order valence-corrected chi connectivity index (χ2v) is 4.83. The first-order valence-corrected chi connectivity index (χ1v) is 6.17. The van der Waals surface area contributed by atoms with Crippen LogP contribution in [-0.4, -0.2) is 17.8 Å². The van der Waals surface area contributed by atoms with Crippen LogP contribution in [0.3, 0.4) is 0 Å². The molecule has 1 fully saturated rings. The number of furan rings is 1. The zero-order valence-corrected chi connectivity index (χ0v) is 9.91. The Bertz CT molecular complexity index is 313. The first kappa shape index (κ1) is 11.7. The number of hydrogen-bond acceptors (Lipinski definition) is 3. The zero-order valence-electron chi connectivity index (χ0n) is 9.91. The zero-order chi connectivity index (χ0) is 11.4. The van der Waals surface area contributed by atoms with Crippen LogP contribution in [0, 0.1) is 12.8 Å². The molecule has 2 N–H and O–H groups in total. The molecule has 0 aliphatic heterocycles. The highest BCUT2D eigenvalue weighted by atomic mass is 16.3. The average Bonchev–Trinajstić information content (AvgIpc) is 2.68. The summed E-state index contributed by atoms with van der Waals surface area (Å²) in [5.41, 5.74) is 1.21. The second-order valence-electron chi connectivity index (χ2n) is 4.83. The maximum Gasteiger partial charge on any atom is 0.120 e. The maximum absolute atomic E-state index is 9.40. The minimum atomic E-state index is -0.0523. The molecule has 3 nitrogen and oxygen atoms in total. The molecule has 1 saturated carbocycles. The van der Waals surface area contributed by atoms with E-state index in [9.17, 15) is 5.11 Å². The van der Waals surface area contributed by atoms with Gasteiger partial charge in [-0.1, -0.05) is 0 Å². The Morgan fingerprint density at radius 3 is 2.75 bits per heavy atom. The van der Waals surface area contributed by atoms with Crippen molar-refractivity contribution in [3.05, 3.63) is 23.7 Å². The summed E-state index contributed by atoms with van der Waals surface area (Å²) in [7, 11) is 0. The van der Waals surface area contributed by atoms with Gasteiger partial charge in [0.25, 0.3) is 0 Å². The molecule has 1 aromatic heterocycles. The average molecular weight is 223 g/mol. The second kappa shape index (κ2) is 5.51. The van der Waals surface area contributed by atoms with Crippen molar-refractivity contribution in [2.45, 2.75) is 45.3 Å². The summed E-state index contributed by atoms with van der Waals surface area (Å²) in [5.74, 6) is 1.76. The Kier molecular flexibility index (Phi) is 4.02. The van der Waals surface area contributed by atoms with Gasteiger partial charge in [-0.05, 0) is 56.7 Å². The molecular weight excluding hydrogens is 202 g/mol. The van der Waals surface area contributed by atoms with E-state index in [0.717, 1.165) is 50.5 Å². The SMILES string of the molecule is Cc1ccoc1CNCC1CCC(O)CC1. The molecule has 0 saturated heterocycles. The lowest BCUT2D eigenvalue weighted by atomic mass is 9.87. The van der Waals surface area contributed by atoms with Gasteiger partial charge in [0, 0.05) is 0 Å². The Morgan fingerprint density at radius 2 is 2.12 bits per heavy atom. The molecule has 0 atom stereocenters. The fourth-order valence-corrected chi connectivity index (χ4v) is 2.32. The van der Waals surface area contributed by atoms with Gasteiger partial charge in [0.05, 0.1) is 18.9 Å². The normalized spacial score (nSPS) is 25.9. The molecule has 1 aliphatic rings. The molecule has 0 amide bonds. The van der Waals surface area contributed by atoms with Crippen LogP contribution in [0.1, 0.15) is 37.0 Å². The number of hydrogen-bond donors (Lipinski definition) is 2. The van der Waals surface area contributed by atoms with E-state index in [4.69, 9.17) is 4.42 Å². The monoisotopic (exact) mass is 223 g/mol. The molecular formula is C13H21NO2. The van der Waals surface area contributed by atoms with Gasteiger partial charge >= 0.3 is 0 Å². The fourth-order valence-electron chi connectivity index (χ4n) is 2.32. The molecule has 1 aliphatic carbocycles. The minimum Gasteiger partial charge on any atom is -0.468 e. The lowest BCUT2D eigenvalue weighted by Gasteiger charge is -2.25. The van der Waals surface area contributed by atoms with E-state index in [-0.39, 0.29) is 6.10 Å². The highest BCUT2D eigenvalue weighted by Crippen LogP contribution is 2.23. The summed E-state index contributed by atoms with van der Waals surface area (Å²) >= 11 is 0. The standard InChI is InChI=1S/C13H21NO2/c1-10-6-7-16-13(10)9-14-8-11-2-4-12(15)5-3-11/h6-7,11-12,14-15H,2-5,8-9H2,1H3. The smallest absolute Gasteiger partial charge is 0.120 e. The molecule has 90 valence electrons. The van der Waals surface area contributed by atoms with E-state index in [0.29, 0.717) is 0 Å². The van der Waals surface area contributed by atoms with Gasteiger partial charge in [0.15, 0.2) is 0 Å². The van der Waals surface area contributed by atoms with Crippen molar-refractivity contribution in [1.29, 1.82) is 0 Å². The number of aliphatic hydroxyl groups excluding tert-OH is 1. The van der Waals surface area contributed by atoms with E-state index >= 15 is 0 Å². The summed E-state index contributed by atoms with van der Waals surface area (Å²) in [6, 6.07) is 1.99. The van der Waals surface area contributed by atoms with Gasteiger partial charge < -0.3 is 14.8 Å². The van der Waals surface area contributed by atoms with Crippen molar-refractivity contribution < 1.29 is 9.52 Å². The summed E-state index contributed by atoms with van der Waals surface area (Å²) in [6.45, 7) is 3.92. The van der Waals surface area contributed by atoms with Crippen molar-refractivity contribution in [1.82, 2.24) is 5.32 Å². The summed E-state index contributed by atoms with van der Waals surface area (Å²) in [5, 5.41) is 12.8.